The monoisotopic (exact) mass is 300 g/mol. The van der Waals surface area contributed by atoms with Crippen LogP contribution in [0.5, 0.6) is 0 Å². The Morgan fingerprint density at radius 3 is 1.94 bits per heavy atom. The smallest absolute Gasteiger partial charge is 0.288 e. The predicted molar refractivity (Wildman–Crippen MR) is 53.2 cm³/mol. The van der Waals surface area contributed by atoms with Crippen LogP contribution in [0.2, 0.25) is 0 Å². The van der Waals surface area contributed by atoms with E-state index in [2.05, 4.69) is 0 Å². The van der Waals surface area contributed by atoms with Crippen LogP contribution in [0.25, 0.3) is 0 Å². The molecule has 0 heterocycles. The van der Waals surface area contributed by atoms with E-state index in [1.165, 1.54) is 0 Å². The zero-order valence-electron chi connectivity index (χ0n) is 9.29. The van der Waals surface area contributed by atoms with Crippen LogP contribution in [0.3, 0.4) is 0 Å². The van der Waals surface area contributed by atoms with Crippen molar-refractivity contribution in [2.24, 2.45) is 0 Å². The van der Waals surface area contributed by atoms with Gasteiger partial charge in [0.15, 0.2) is 11.8 Å². The van der Waals surface area contributed by atoms with Crippen molar-refractivity contribution in [2.45, 2.75) is 37.5 Å². The van der Waals surface area contributed by atoms with Gasteiger partial charge in [0.1, 0.15) is 0 Å². The number of hydrogen-bond acceptors (Lipinski definition) is 2. The largest absolute Gasteiger partial charge is 0.338 e. The van der Waals surface area contributed by atoms with Crippen molar-refractivity contribution in [1.29, 1.82) is 0 Å². The summed E-state index contributed by atoms with van der Waals surface area (Å²) in [4.78, 5) is 10.4. The molecular weight excluding hydrogens is 289 g/mol. The van der Waals surface area contributed by atoms with Crippen LogP contribution in [-0.2, 0) is 4.79 Å². The molecule has 0 rings (SSSR count). The summed E-state index contributed by atoms with van der Waals surface area (Å²) in [5, 5.41) is -0.494. The van der Waals surface area contributed by atoms with Crippen LogP contribution >= 0.6 is 11.8 Å². The molecule has 0 fully saturated rings. The van der Waals surface area contributed by atoms with E-state index in [1.54, 1.807) is 0 Å². The molecule has 0 aromatic rings. The van der Waals surface area contributed by atoms with Crippen molar-refractivity contribution in [2.75, 3.05) is 12.4 Å². The Hall–Kier alpha value is -0.470. The standard InChI is InChI=1S/C9H11F7OS/c1-6(17)18-3-2-7(11,12)4-8(13,14)9(15,16)5-10/h2-5H2,1H3. The lowest BCUT2D eigenvalue weighted by Gasteiger charge is -2.27. The molecule has 0 saturated carbocycles. The van der Waals surface area contributed by atoms with Gasteiger partial charge >= 0.3 is 11.8 Å². The average Bonchev–Trinajstić information content (AvgIpc) is 2.14. The molecule has 108 valence electrons. The van der Waals surface area contributed by atoms with Crippen LogP contribution < -0.4 is 0 Å². The summed E-state index contributed by atoms with van der Waals surface area (Å²) in [6.45, 7) is -1.62. The third kappa shape index (κ3) is 5.45. The first-order valence-corrected chi connectivity index (χ1v) is 5.75. The number of hydrogen-bond donors (Lipinski definition) is 0. The molecule has 1 nitrogen and oxygen atoms in total. The number of carbonyl (C=O) groups is 1. The van der Waals surface area contributed by atoms with E-state index in [4.69, 9.17) is 0 Å². The lowest BCUT2D eigenvalue weighted by atomic mass is 10.0. The fraction of sp³-hybridized carbons (Fsp3) is 0.889. The van der Waals surface area contributed by atoms with Crippen LogP contribution in [0.1, 0.15) is 19.8 Å². The Kier molecular flexibility index (Phi) is 5.96. The third-order valence-corrected chi connectivity index (χ3v) is 2.77. The Labute approximate surface area is 103 Å². The summed E-state index contributed by atoms with van der Waals surface area (Å²) in [6, 6.07) is 0. The molecule has 0 aliphatic carbocycles. The summed E-state index contributed by atoms with van der Waals surface area (Å²) in [5.41, 5.74) is 0. The van der Waals surface area contributed by atoms with Crippen LogP contribution in [0.4, 0.5) is 30.7 Å². The Morgan fingerprint density at radius 1 is 1.06 bits per heavy atom. The number of thioether (sulfide) groups is 1. The molecule has 0 aromatic heterocycles. The quantitative estimate of drug-likeness (QED) is 0.663. The third-order valence-electron chi connectivity index (χ3n) is 1.96. The molecule has 0 saturated heterocycles. The molecule has 0 aliphatic rings. The predicted octanol–water partition coefficient (Wildman–Crippen LogP) is 3.92. The SMILES string of the molecule is CC(=O)SCCC(F)(F)CC(F)(F)C(F)(F)CF. The topological polar surface area (TPSA) is 17.1 Å². The second kappa shape index (κ2) is 6.12. The minimum atomic E-state index is -5.13. The fourth-order valence-corrected chi connectivity index (χ4v) is 1.67. The summed E-state index contributed by atoms with van der Waals surface area (Å²) >= 11 is 0.472. The lowest BCUT2D eigenvalue weighted by molar-refractivity contribution is -0.243. The highest BCUT2D eigenvalue weighted by molar-refractivity contribution is 8.13. The minimum absolute atomic E-state index is 0.472. The molecule has 0 unspecified atom stereocenters. The van der Waals surface area contributed by atoms with E-state index in [9.17, 15) is 35.5 Å². The van der Waals surface area contributed by atoms with Gasteiger partial charge in [-0.1, -0.05) is 11.8 Å². The van der Waals surface area contributed by atoms with E-state index in [1.807, 2.05) is 0 Å². The van der Waals surface area contributed by atoms with Gasteiger partial charge in [-0.3, -0.25) is 4.79 Å². The maximum atomic E-state index is 13.0. The van der Waals surface area contributed by atoms with Gasteiger partial charge in [-0.25, -0.2) is 13.2 Å². The highest BCUT2D eigenvalue weighted by Crippen LogP contribution is 2.43. The summed E-state index contributed by atoms with van der Waals surface area (Å²) in [6.07, 6.45) is -3.61. The highest BCUT2D eigenvalue weighted by Gasteiger charge is 2.60. The first-order valence-electron chi connectivity index (χ1n) is 4.76. The minimum Gasteiger partial charge on any atom is -0.288 e. The Bertz CT molecular complexity index is 293. The van der Waals surface area contributed by atoms with Gasteiger partial charge in [-0.15, -0.1) is 0 Å². The van der Waals surface area contributed by atoms with Crippen molar-refractivity contribution < 1.29 is 35.5 Å². The maximum absolute atomic E-state index is 13.0. The maximum Gasteiger partial charge on any atom is 0.338 e. The summed E-state index contributed by atoms with van der Waals surface area (Å²) in [5.74, 6) is -14.8. The Morgan fingerprint density at radius 2 is 1.56 bits per heavy atom. The lowest BCUT2D eigenvalue weighted by Crippen LogP contribution is -2.46. The number of rotatable bonds is 7. The second-order valence-electron chi connectivity index (χ2n) is 3.67. The van der Waals surface area contributed by atoms with Gasteiger partial charge in [-0.05, 0) is 0 Å². The van der Waals surface area contributed by atoms with Gasteiger partial charge in [0.2, 0.25) is 0 Å². The molecule has 0 aromatic carbocycles. The zero-order chi connectivity index (χ0) is 14.6. The Balaban J connectivity index is 4.51. The van der Waals surface area contributed by atoms with Gasteiger partial charge in [-0.2, -0.15) is 17.6 Å². The molecule has 0 spiro atoms. The van der Waals surface area contributed by atoms with Gasteiger partial charge < -0.3 is 0 Å². The highest BCUT2D eigenvalue weighted by atomic mass is 32.2. The second-order valence-corrected chi connectivity index (χ2v) is 4.94. The molecule has 0 radical (unpaired) electrons. The molecule has 0 atom stereocenters. The van der Waals surface area contributed by atoms with Crippen molar-refractivity contribution in [3.8, 4) is 0 Å². The number of carbonyl (C=O) groups excluding carboxylic acids is 1. The summed E-state index contributed by atoms with van der Waals surface area (Å²) < 4.78 is 87.9. The number of halogens is 7. The van der Waals surface area contributed by atoms with Crippen molar-refractivity contribution in [3.63, 3.8) is 0 Å². The van der Waals surface area contributed by atoms with E-state index in [-0.39, 0.29) is 0 Å². The molecule has 0 aliphatic heterocycles. The van der Waals surface area contributed by atoms with Crippen molar-refractivity contribution in [3.05, 3.63) is 0 Å². The van der Waals surface area contributed by atoms with Crippen LogP contribution in [-0.4, -0.2) is 35.3 Å². The van der Waals surface area contributed by atoms with E-state index in [0.717, 1.165) is 6.92 Å². The molecule has 18 heavy (non-hydrogen) atoms. The van der Waals surface area contributed by atoms with E-state index < -0.39 is 48.2 Å². The molecule has 9 heteroatoms. The molecule has 0 amide bonds. The molecule has 0 N–H and O–H groups in total. The van der Waals surface area contributed by atoms with E-state index in [0.29, 0.717) is 11.8 Å². The van der Waals surface area contributed by atoms with Crippen LogP contribution in [0, 0.1) is 0 Å². The van der Waals surface area contributed by atoms with E-state index >= 15 is 0 Å². The zero-order valence-corrected chi connectivity index (χ0v) is 10.1. The first-order chi connectivity index (χ1) is 7.93. The van der Waals surface area contributed by atoms with Crippen molar-refractivity contribution in [1.82, 2.24) is 0 Å². The molecule has 0 bridgehead atoms. The van der Waals surface area contributed by atoms with Gasteiger partial charge in [0.25, 0.3) is 5.92 Å². The van der Waals surface area contributed by atoms with Crippen LogP contribution in [0.15, 0.2) is 0 Å². The average molecular weight is 300 g/mol. The first kappa shape index (κ1) is 17.5. The normalized spacial score (nSPS) is 13.8. The number of alkyl halides is 7. The molecular formula is C9H11F7OS. The van der Waals surface area contributed by atoms with Crippen molar-refractivity contribution >= 4 is 16.9 Å². The van der Waals surface area contributed by atoms with Gasteiger partial charge in [0.05, 0.1) is 6.42 Å². The van der Waals surface area contributed by atoms with Gasteiger partial charge in [0, 0.05) is 19.1 Å². The fourth-order valence-electron chi connectivity index (χ4n) is 0.984. The summed E-state index contributed by atoms with van der Waals surface area (Å²) in [7, 11) is 0.